The number of nitrogens with one attached hydrogen (secondary N) is 2. The molecular weight excluding hydrogens is 482 g/mol. The van der Waals surface area contributed by atoms with Crippen LogP contribution < -0.4 is 10.8 Å². The molecule has 1 aliphatic heterocycles. The van der Waals surface area contributed by atoms with E-state index in [1.807, 2.05) is 24.3 Å². The molecule has 1 amide bonds. The third-order valence-corrected chi connectivity index (χ3v) is 8.19. The Morgan fingerprint density at radius 3 is 2.22 bits per heavy atom. The third kappa shape index (κ3) is 6.99. The van der Waals surface area contributed by atoms with E-state index in [1.54, 1.807) is 17.6 Å². The van der Waals surface area contributed by atoms with E-state index in [2.05, 4.69) is 46.6 Å². The minimum atomic E-state index is -0.468. The number of hydroxylamine groups is 1. The summed E-state index contributed by atoms with van der Waals surface area (Å²) in [7, 11) is 0. The summed E-state index contributed by atoms with van der Waals surface area (Å²) in [6, 6.07) is 25.2. The minimum Gasteiger partial charge on any atom is -0.313 e. The lowest BCUT2D eigenvalue weighted by Crippen LogP contribution is -2.38. The molecular formula is C31H36ClN3O2. The smallest absolute Gasteiger partial charge is 0.274 e. The van der Waals surface area contributed by atoms with Crippen LogP contribution in [0.1, 0.15) is 53.1 Å². The summed E-state index contributed by atoms with van der Waals surface area (Å²) in [6.45, 7) is 4.62. The van der Waals surface area contributed by atoms with Gasteiger partial charge in [0.05, 0.1) is 0 Å². The van der Waals surface area contributed by atoms with Gasteiger partial charge >= 0.3 is 0 Å². The predicted molar refractivity (Wildman–Crippen MR) is 149 cm³/mol. The van der Waals surface area contributed by atoms with Gasteiger partial charge in [-0.2, -0.15) is 0 Å². The number of carbonyl (C=O) groups is 1. The molecule has 37 heavy (non-hydrogen) atoms. The Labute approximate surface area is 224 Å². The number of piperidine rings is 1. The summed E-state index contributed by atoms with van der Waals surface area (Å²) in [6.07, 6.45) is 5.91. The lowest BCUT2D eigenvalue weighted by molar-refractivity contribution is 0.0706. The molecule has 5 nitrogen and oxygen atoms in total. The lowest BCUT2D eigenvalue weighted by Gasteiger charge is -2.32. The van der Waals surface area contributed by atoms with E-state index in [-0.39, 0.29) is 0 Å². The Hall–Kier alpha value is -2.70. The highest BCUT2D eigenvalue weighted by Crippen LogP contribution is 2.41. The Morgan fingerprint density at radius 1 is 0.919 bits per heavy atom. The Morgan fingerprint density at radius 2 is 1.57 bits per heavy atom. The molecule has 0 bridgehead atoms. The molecule has 1 heterocycles. The fraction of sp³-hybridized carbons (Fsp3) is 0.387. The standard InChI is InChI=1S/C31H36ClN3O2/c32-28-13-11-25(12-14-28)24-7-9-26(10-8-24)29-20-30(29)33-21-23-15-18-35(19-16-23)17-1-2-22-3-5-27(6-4-22)31(36)34-37/h3-14,23,29-30,33,37H,1-2,15-21H2,(H,34,36)/t29-,30+/m1/s1. The fourth-order valence-electron chi connectivity index (χ4n) is 5.48. The molecule has 2 atom stereocenters. The van der Waals surface area contributed by atoms with Crippen LogP contribution in [0, 0.1) is 5.92 Å². The summed E-state index contributed by atoms with van der Waals surface area (Å²) < 4.78 is 0. The Balaban J connectivity index is 0.976. The first-order chi connectivity index (χ1) is 18.1. The molecule has 3 aromatic rings. The summed E-state index contributed by atoms with van der Waals surface area (Å²) in [4.78, 5) is 14.0. The highest BCUT2D eigenvalue weighted by Gasteiger charge is 2.38. The molecule has 0 unspecified atom stereocenters. The maximum atomic E-state index is 11.4. The summed E-state index contributed by atoms with van der Waals surface area (Å²) in [5.41, 5.74) is 7.26. The number of hydrogen-bond acceptors (Lipinski definition) is 4. The van der Waals surface area contributed by atoms with Gasteiger partial charge in [-0.05, 0) is 111 Å². The fourth-order valence-corrected chi connectivity index (χ4v) is 5.61. The van der Waals surface area contributed by atoms with Crippen molar-refractivity contribution in [3.63, 3.8) is 0 Å². The molecule has 2 aliphatic rings. The van der Waals surface area contributed by atoms with Crippen molar-refractivity contribution in [2.24, 2.45) is 5.92 Å². The highest BCUT2D eigenvalue weighted by atomic mass is 35.5. The molecule has 5 rings (SSSR count). The van der Waals surface area contributed by atoms with Crippen molar-refractivity contribution in [2.75, 3.05) is 26.2 Å². The number of halogens is 1. The van der Waals surface area contributed by atoms with Crippen molar-refractivity contribution in [1.82, 2.24) is 15.7 Å². The zero-order chi connectivity index (χ0) is 25.6. The van der Waals surface area contributed by atoms with E-state index in [1.165, 1.54) is 54.6 Å². The number of rotatable bonds is 10. The van der Waals surface area contributed by atoms with E-state index < -0.39 is 5.91 Å². The van der Waals surface area contributed by atoms with Crippen LogP contribution in [-0.2, 0) is 6.42 Å². The largest absolute Gasteiger partial charge is 0.313 e. The number of amides is 1. The van der Waals surface area contributed by atoms with Gasteiger partial charge in [0, 0.05) is 22.5 Å². The average molecular weight is 518 g/mol. The first-order valence-corrected chi connectivity index (χ1v) is 13.8. The van der Waals surface area contributed by atoms with Crippen LogP contribution in [-0.4, -0.2) is 48.2 Å². The first kappa shape index (κ1) is 25.9. The summed E-state index contributed by atoms with van der Waals surface area (Å²) >= 11 is 6.02. The number of aryl methyl sites for hydroxylation is 1. The zero-order valence-electron chi connectivity index (χ0n) is 21.2. The molecule has 6 heteroatoms. The van der Waals surface area contributed by atoms with Crippen LogP contribution in [0.2, 0.25) is 5.02 Å². The molecule has 0 spiro atoms. The summed E-state index contributed by atoms with van der Waals surface area (Å²) in [5, 5.41) is 13.3. The highest BCUT2D eigenvalue weighted by molar-refractivity contribution is 6.30. The Kier molecular flexibility index (Phi) is 8.57. The molecule has 3 N–H and O–H groups in total. The minimum absolute atomic E-state index is 0.468. The van der Waals surface area contributed by atoms with E-state index in [4.69, 9.17) is 16.8 Å². The topological polar surface area (TPSA) is 64.6 Å². The van der Waals surface area contributed by atoms with Crippen LogP contribution in [0.4, 0.5) is 0 Å². The molecule has 1 saturated carbocycles. The summed E-state index contributed by atoms with van der Waals surface area (Å²) in [5.74, 6) is 0.950. The van der Waals surface area contributed by atoms with E-state index in [0.717, 1.165) is 36.9 Å². The quantitative estimate of drug-likeness (QED) is 0.231. The van der Waals surface area contributed by atoms with Crippen LogP contribution in [0.3, 0.4) is 0 Å². The number of benzene rings is 3. The van der Waals surface area contributed by atoms with Gasteiger partial charge in [-0.3, -0.25) is 10.0 Å². The van der Waals surface area contributed by atoms with Gasteiger partial charge in [-0.25, -0.2) is 5.48 Å². The third-order valence-electron chi connectivity index (χ3n) is 7.94. The second kappa shape index (κ2) is 12.2. The number of hydrogen-bond donors (Lipinski definition) is 3. The maximum absolute atomic E-state index is 11.4. The second-order valence-corrected chi connectivity index (χ2v) is 10.9. The van der Waals surface area contributed by atoms with Gasteiger partial charge < -0.3 is 10.2 Å². The van der Waals surface area contributed by atoms with Crippen molar-refractivity contribution in [2.45, 2.75) is 44.1 Å². The van der Waals surface area contributed by atoms with Gasteiger partial charge in [0.2, 0.25) is 0 Å². The van der Waals surface area contributed by atoms with E-state index in [9.17, 15) is 4.79 Å². The first-order valence-electron chi connectivity index (χ1n) is 13.4. The van der Waals surface area contributed by atoms with Gasteiger partial charge in [-0.1, -0.05) is 60.1 Å². The van der Waals surface area contributed by atoms with Gasteiger partial charge in [0.25, 0.3) is 5.91 Å². The van der Waals surface area contributed by atoms with Gasteiger partial charge in [-0.15, -0.1) is 0 Å². The monoisotopic (exact) mass is 517 g/mol. The van der Waals surface area contributed by atoms with Crippen molar-refractivity contribution in [1.29, 1.82) is 0 Å². The van der Waals surface area contributed by atoms with Gasteiger partial charge in [0.15, 0.2) is 0 Å². The van der Waals surface area contributed by atoms with E-state index >= 15 is 0 Å². The number of likely N-dealkylation sites (tertiary alicyclic amines) is 1. The van der Waals surface area contributed by atoms with Gasteiger partial charge in [0.1, 0.15) is 0 Å². The van der Waals surface area contributed by atoms with Crippen LogP contribution in [0.25, 0.3) is 11.1 Å². The predicted octanol–water partition coefficient (Wildman–Crippen LogP) is 5.92. The molecule has 0 radical (unpaired) electrons. The lowest BCUT2D eigenvalue weighted by atomic mass is 9.96. The number of carbonyl (C=O) groups excluding carboxylic acids is 1. The molecule has 2 fully saturated rings. The van der Waals surface area contributed by atoms with Crippen molar-refractivity contribution < 1.29 is 10.0 Å². The second-order valence-electron chi connectivity index (χ2n) is 10.5. The number of nitrogens with zero attached hydrogens (tertiary/aromatic N) is 1. The SMILES string of the molecule is O=C(NO)c1ccc(CCCN2CCC(CN[C@H]3C[C@@H]3c3ccc(-c4ccc(Cl)cc4)cc3)CC2)cc1. The molecule has 194 valence electrons. The molecule has 3 aromatic carbocycles. The molecule has 1 aliphatic carbocycles. The average Bonchev–Trinajstić information content (AvgIpc) is 3.73. The van der Waals surface area contributed by atoms with Crippen molar-refractivity contribution >= 4 is 17.5 Å². The van der Waals surface area contributed by atoms with Crippen LogP contribution in [0.5, 0.6) is 0 Å². The normalized spacial score (nSPS) is 20.1. The Bertz CT molecular complexity index is 1160. The maximum Gasteiger partial charge on any atom is 0.274 e. The van der Waals surface area contributed by atoms with Crippen LogP contribution >= 0.6 is 11.6 Å². The van der Waals surface area contributed by atoms with E-state index in [0.29, 0.717) is 17.5 Å². The van der Waals surface area contributed by atoms with Crippen LogP contribution in [0.15, 0.2) is 72.8 Å². The zero-order valence-corrected chi connectivity index (χ0v) is 22.0. The molecule has 0 aromatic heterocycles. The molecule has 1 saturated heterocycles. The van der Waals surface area contributed by atoms with Crippen molar-refractivity contribution in [3.8, 4) is 11.1 Å². The van der Waals surface area contributed by atoms with Crippen molar-refractivity contribution in [3.05, 3.63) is 94.5 Å².